The Morgan fingerprint density at radius 2 is 2.19 bits per heavy atom. The van der Waals surface area contributed by atoms with E-state index >= 15 is 0 Å². The van der Waals surface area contributed by atoms with Crippen molar-refractivity contribution in [3.05, 3.63) is 35.9 Å². The zero-order valence-corrected chi connectivity index (χ0v) is 10.5. The van der Waals surface area contributed by atoms with Crippen molar-refractivity contribution in [1.29, 1.82) is 0 Å². The van der Waals surface area contributed by atoms with Gasteiger partial charge in [0.05, 0.1) is 10.8 Å². The Bertz CT molecular complexity index is 431. The molecule has 2 nitrogen and oxygen atoms in total. The first-order chi connectivity index (χ1) is 7.72. The summed E-state index contributed by atoms with van der Waals surface area (Å²) in [5.74, 6) is 0.704. The van der Waals surface area contributed by atoms with E-state index in [0.717, 1.165) is 11.3 Å². The van der Waals surface area contributed by atoms with E-state index in [1.807, 2.05) is 36.4 Å². The largest absolute Gasteiger partial charge is 0.288 e. The van der Waals surface area contributed by atoms with Gasteiger partial charge in [0.25, 0.3) is 0 Å². The molecule has 0 unspecified atom stereocenters. The second-order valence-corrected chi connectivity index (χ2v) is 4.38. The highest BCUT2D eigenvalue weighted by molar-refractivity contribution is 8.13. The van der Waals surface area contributed by atoms with Crippen LogP contribution < -0.4 is 0 Å². The van der Waals surface area contributed by atoms with Crippen molar-refractivity contribution in [2.45, 2.75) is 6.92 Å². The zero-order chi connectivity index (χ0) is 11.8. The molecule has 0 N–H and O–H groups in total. The fourth-order valence-electron chi connectivity index (χ4n) is 1.06. The van der Waals surface area contributed by atoms with Crippen molar-refractivity contribution in [2.24, 2.45) is 4.99 Å². The van der Waals surface area contributed by atoms with Crippen molar-refractivity contribution in [2.75, 3.05) is 5.75 Å². The van der Waals surface area contributed by atoms with Gasteiger partial charge in [-0.15, -0.1) is 0 Å². The number of benzene rings is 1. The van der Waals surface area contributed by atoms with Gasteiger partial charge in [-0.2, -0.15) is 4.99 Å². The maximum atomic E-state index is 10.7. The minimum Gasteiger partial charge on any atom is -0.288 e. The fourth-order valence-corrected chi connectivity index (χ4v) is 1.59. The Hall–Kier alpha value is -1.22. The van der Waals surface area contributed by atoms with Crippen LogP contribution in [0.15, 0.2) is 35.3 Å². The molecule has 0 spiro atoms. The monoisotopic (exact) mass is 249 g/mol. The summed E-state index contributed by atoms with van der Waals surface area (Å²) in [6.07, 6.45) is 3.93. The van der Waals surface area contributed by atoms with Crippen molar-refractivity contribution in [3.63, 3.8) is 0 Å². The molecule has 0 heterocycles. The first kappa shape index (κ1) is 12.8. The average molecular weight is 249 g/mol. The van der Waals surface area contributed by atoms with Gasteiger partial charge in [-0.1, -0.05) is 36.0 Å². The number of aliphatic imine (C=N–C) groups is 1. The number of nitrogens with zero attached hydrogens (tertiary/aromatic N) is 1. The van der Waals surface area contributed by atoms with Crippen LogP contribution in [0.2, 0.25) is 0 Å². The summed E-state index contributed by atoms with van der Waals surface area (Å²) in [5, 5.41) is 2.45. The molecule has 0 aliphatic heterocycles. The first-order valence-electron chi connectivity index (χ1n) is 4.70. The molecule has 0 fully saturated rings. The van der Waals surface area contributed by atoms with Crippen molar-refractivity contribution < 1.29 is 4.79 Å². The first-order valence-corrected chi connectivity index (χ1v) is 6.09. The number of carbonyl (C=O) groups excluding carboxylic acids is 1. The maximum absolute atomic E-state index is 10.7. The molecule has 1 rings (SSSR count). The summed E-state index contributed by atoms with van der Waals surface area (Å²) < 4.78 is 0. The Morgan fingerprint density at radius 1 is 1.50 bits per heavy atom. The highest BCUT2D eigenvalue weighted by Gasteiger charge is 1.91. The van der Waals surface area contributed by atoms with Crippen molar-refractivity contribution >= 4 is 46.0 Å². The van der Waals surface area contributed by atoms with Crippen LogP contribution in [-0.2, 0) is 4.79 Å². The van der Waals surface area contributed by atoms with Crippen LogP contribution in [0.25, 0.3) is 6.08 Å². The molecule has 0 aliphatic carbocycles. The zero-order valence-electron chi connectivity index (χ0n) is 8.84. The van der Waals surface area contributed by atoms with Gasteiger partial charge >= 0.3 is 0 Å². The number of hydrogen-bond acceptors (Lipinski definition) is 4. The van der Waals surface area contributed by atoms with Gasteiger partial charge < -0.3 is 0 Å². The Balaban J connectivity index is 2.54. The van der Waals surface area contributed by atoms with E-state index in [1.54, 1.807) is 6.92 Å². The van der Waals surface area contributed by atoms with Crippen LogP contribution in [0.3, 0.4) is 0 Å². The Labute approximate surface area is 104 Å². The molecule has 0 aromatic heterocycles. The minimum absolute atomic E-state index is 0.135. The molecule has 0 saturated heterocycles. The van der Waals surface area contributed by atoms with Crippen LogP contribution in [0.1, 0.15) is 12.5 Å². The second kappa shape index (κ2) is 7.12. The maximum Gasteiger partial charge on any atom is 0.186 e. The van der Waals surface area contributed by atoms with Crippen molar-refractivity contribution in [1.82, 2.24) is 0 Å². The molecular weight excluding hydrogens is 238 g/mol. The Morgan fingerprint density at radius 3 is 2.75 bits per heavy atom. The number of thiocarbonyl (C=S) groups is 1. The average Bonchev–Trinajstić information content (AvgIpc) is 2.27. The van der Waals surface area contributed by atoms with E-state index in [0.29, 0.717) is 5.75 Å². The third-order valence-corrected chi connectivity index (χ3v) is 2.62. The molecular formula is C12H11NOS2. The van der Waals surface area contributed by atoms with Gasteiger partial charge in [-0.05, 0) is 29.9 Å². The third-order valence-electron chi connectivity index (χ3n) is 1.76. The molecule has 1 aromatic carbocycles. The SMILES string of the molecule is CC(=O)SCC=Cc1ccc(N=C=S)cc1. The molecule has 16 heavy (non-hydrogen) atoms. The van der Waals surface area contributed by atoms with Gasteiger partial charge in [0.15, 0.2) is 5.12 Å². The van der Waals surface area contributed by atoms with Crippen LogP contribution in [-0.4, -0.2) is 16.0 Å². The molecule has 1 aromatic rings. The van der Waals surface area contributed by atoms with E-state index < -0.39 is 0 Å². The van der Waals surface area contributed by atoms with Crippen LogP contribution in [0, 0.1) is 0 Å². The van der Waals surface area contributed by atoms with Crippen LogP contribution in [0.5, 0.6) is 0 Å². The quantitative estimate of drug-likeness (QED) is 0.601. The van der Waals surface area contributed by atoms with E-state index in [2.05, 4.69) is 22.4 Å². The third kappa shape index (κ3) is 5.03. The molecule has 0 saturated carbocycles. The highest BCUT2D eigenvalue weighted by atomic mass is 32.2. The summed E-state index contributed by atoms with van der Waals surface area (Å²) in [4.78, 5) is 14.5. The number of rotatable bonds is 4. The predicted molar refractivity (Wildman–Crippen MR) is 73.3 cm³/mol. The summed E-state index contributed by atoms with van der Waals surface area (Å²) in [7, 11) is 0. The molecule has 82 valence electrons. The fraction of sp³-hybridized carbons (Fsp3) is 0.167. The molecule has 4 heteroatoms. The summed E-state index contributed by atoms with van der Waals surface area (Å²) in [5.41, 5.74) is 1.87. The predicted octanol–water partition coefficient (Wildman–Crippen LogP) is 3.71. The lowest BCUT2D eigenvalue weighted by Crippen LogP contribution is -1.81. The summed E-state index contributed by atoms with van der Waals surface area (Å²) in [6.45, 7) is 1.57. The van der Waals surface area contributed by atoms with Gasteiger partial charge in [-0.25, -0.2) is 0 Å². The highest BCUT2D eigenvalue weighted by Crippen LogP contribution is 2.13. The Kier molecular flexibility index (Phi) is 5.72. The molecule has 0 aliphatic rings. The van der Waals surface area contributed by atoms with Gasteiger partial charge in [0.1, 0.15) is 0 Å². The number of hydrogen-bond donors (Lipinski definition) is 0. The summed E-state index contributed by atoms with van der Waals surface area (Å²) >= 11 is 5.81. The minimum atomic E-state index is 0.135. The van der Waals surface area contributed by atoms with Crippen LogP contribution in [0.4, 0.5) is 5.69 Å². The molecule has 0 radical (unpaired) electrons. The topological polar surface area (TPSA) is 29.4 Å². The second-order valence-electron chi connectivity index (χ2n) is 3.00. The summed E-state index contributed by atoms with van der Waals surface area (Å²) in [6, 6.07) is 7.63. The molecule has 0 atom stereocenters. The number of thioether (sulfide) groups is 1. The number of isothiocyanates is 1. The van der Waals surface area contributed by atoms with E-state index in [4.69, 9.17) is 0 Å². The van der Waals surface area contributed by atoms with E-state index in [1.165, 1.54) is 11.8 Å². The molecule has 0 amide bonds. The van der Waals surface area contributed by atoms with E-state index in [-0.39, 0.29) is 5.12 Å². The van der Waals surface area contributed by atoms with E-state index in [9.17, 15) is 4.79 Å². The lowest BCUT2D eigenvalue weighted by Gasteiger charge is -1.94. The smallest absolute Gasteiger partial charge is 0.186 e. The number of carbonyl (C=O) groups is 1. The lowest BCUT2D eigenvalue weighted by molar-refractivity contribution is -0.109. The van der Waals surface area contributed by atoms with Gasteiger partial charge in [0, 0.05) is 12.7 Å². The standard InChI is InChI=1S/C12H11NOS2/c1-10(14)16-8-2-3-11-4-6-12(7-5-11)13-9-15/h2-7H,8H2,1H3. The lowest BCUT2D eigenvalue weighted by atomic mass is 10.2. The van der Waals surface area contributed by atoms with Crippen LogP contribution >= 0.6 is 24.0 Å². The van der Waals surface area contributed by atoms with Gasteiger partial charge in [-0.3, -0.25) is 4.79 Å². The molecule has 0 bridgehead atoms. The van der Waals surface area contributed by atoms with Gasteiger partial charge in [0.2, 0.25) is 0 Å². The van der Waals surface area contributed by atoms with Crippen molar-refractivity contribution in [3.8, 4) is 0 Å². The normalized spacial score (nSPS) is 10.1.